The van der Waals surface area contributed by atoms with Gasteiger partial charge in [-0.1, -0.05) is 35.5 Å². The molecule has 1 aromatic carbocycles. The summed E-state index contributed by atoms with van der Waals surface area (Å²) in [6.45, 7) is 1.93. The van der Waals surface area contributed by atoms with Crippen molar-refractivity contribution in [1.82, 2.24) is 20.0 Å². The lowest BCUT2D eigenvalue weighted by molar-refractivity contribution is 0.111. The Morgan fingerprint density at radius 2 is 2.10 bits per heavy atom. The van der Waals surface area contributed by atoms with Crippen LogP contribution in [-0.2, 0) is 6.42 Å². The van der Waals surface area contributed by atoms with E-state index in [-0.39, 0.29) is 0 Å². The Kier molecular flexibility index (Phi) is 3.39. The molecule has 0 fully saturated rings. The highest BCUT2D eigenvalue weighted by molar-refractivity contribution is 7.12. The highest BCUT2D eigenvalue weighted by Gasteiger charge is 2.16. The molecule has 0 saturated heterocycles. The molecule has 6 heteroatoms. The first-order valence-electron chi connectivity index (χ1n) is 6.14. The highest BCUT2D eigenvalue weighted by Crippen LogP contribution is 2.19. The monoisotopic (exact) mass is 284 g/mol. The van der Waals surface area contributed by atoms with Gasteiger partial charge in [0.05, 0.1) is 11.4 Å². The average Bonchev–Trinajstić information content (AvgIpc) is 3.06. The minimum atomic E-state index is 0.363. The fourth-order valence-electron chi connectivity index (χ4n) is 1.95. The molecule has 0 unspecified atom stereocenters. The van der Waals surface area contributed by atoms with Crippen LogP contribution in [0.4, 0.5) is 0 Å². The number of aryl methyl sites for hydroxylation is 1. The van der Waals surface area contributed by atoms with E-state index in [0.717, 1.165) is 28.4 Å². The Morgan fingerprint density at radius 1 is 1.30 bits per heavy atom. The van der Waals surface area contributed by atoms with Crippen molar-refractivity contribution in [2.75, 3.05) is 0 Å². The quantitative estimate of drug-likeness (QED) is 0.690. The van der Waals surface area contributed by atoms with Crippen molar-refractivity contribution < 1.29 is 4.79 Å². The first-order valence-corrected chi connectivity index (χ1v) is 7.02. The largest absolute Gasteiger partial charge is 0.296 e. The van der Waals surface area contributed by atoms with E-state index in [1.165, 1.54) is 11.3 Å². The second-order valence-electron chi connectivity index (χ2n) is 4.38. The van der Waals surface area contributed by atoms with E-state index in [0.29, 0.717) is 12.1 Å². The summed E-state index contributed by atoms with van der Waals surface area (Å²) in [4.78, 5) is 15.5. The highest BCUT2D eigenvalue weighted by atomic mass is 32.1. The maximum atomic E-state index is 11.1. The van der Waals surface area contributed by atoms with Gasteiger partial charge >= 0.3 is 0 Å². The van der Waals surface area contributed by atoms with Crippen LogP contribution in [0.2, 0.25) is 0 Å². The molecule has 20 heavy (non-hydrogen) atoms. The van der Waals surface area contributed by atoms with Crippen LogP contribution in [0, 0.1) is 6.92 Å². The summed E-state index contributed by atoms with van der Waals surface area (Å²) in [6.07, 6.45) is 1.34. The van der Waals surface area contributed by atoms with Crippen molar-refractivity contribution in [2.24, 2.45) is 0 Å². The number of benzene rings is 1. The molecule has 0 N–H and O–H groups in total. The van der Waals surface area contributed by atoms with Crippen LogP contribution < -0.4 is 0 Å². The lowest BCUT2D eigenvalue weighted by atomic mass is 10.1. The third-order valence-electron chi connectivity index (χ3n) is 2.91. The first kappa shape index (κ1) is 12.7. The van der Waals surface area contributed by atoms with E-state index >= 15 is 0 Å². The summed E-state index contributed by atoms with van der Waals surface area (Å²) in [5.41, 5.74) is 3.16. The van der Waals surface area contributed by atoms with Gasteiger partial charge in [0.15, 0.2) is 6.29 Å². The van der Waals surface area contributed by atoms with Gasteiger partial charge in [0.25, 0.3) is 0 Å². The Balaban J connectivity index is 2.04. The Morgan fingerprint density at radius 3 is 2.75 bits per heavy atom. The van der Waals surface area contributed by atoms with Crippen molar-refractivity contribution in [1.29, 1.82) is 0 Å². The van der Waals surface area contributed by atoms with Crippen molar-refractivity contribution in [3.8, 4) is 5.13 Å². The molecule has 0 saturated carbocycles. The number of carbonyl (C=O) groups excluding carboxylic acids is 1. The zero-order chi connectivity index (χ0) is 13.9. The van der Waals surface area contributed by atoms with Crippen molar-refractivity contribution in [2.45, 2.75) is 13.3 Å². The maximum absolute atomic E-state index is 11.1. The first-order chi connectivity index (χ1) is 9.78. The summed E-state index contributed by atoms with van der Waals surface area (Å²) >= 11 is 1.48. The van der Waals surface area contributed by atoms with E-state index in [4.69, 9.17) is 0 Å². The molecule has 3 aromatic rings. The molecular formula is C14H12N4OS. The summed E-state index contributed by atoms with van der Waals surface area (Å²) in [6, 6.07) is 9.93. The molecule has 100 valence electrons. The number of thiazole rings is 1. The lowest BCUT2D eigenvalue weighted by Crippen LogP contribution is -2.04. The minimum Gasteiger partial charge on any atom is -0.296 e. The molecule has 0 aliphatic rings. The lowest BCUT2D eigenvalue weighted by Gasteiger charge is -2.03. The molecule has 0 bridgehead atoms. The zero-order valence-electron chi connectivity index (χ0n) is 10.9. The number of carbonyl (C=O) groups is 1. The van der Waals surface area contributed by atoms with Gasteiger partial charge in [0.1, 0.15) is 5.69 Å². The van der Waals surface area contributed by atoms with Gasteiger partial charge in [0, 0.05) is 11.8 Å². The fraction of sp³-hybridized carbons (Fsp3) is 0.143. The van der Waals surface area contributed by atoms with Crippen LogP contribution >= 0.6 is 11.3 Å². The number of hydrogen-bond donors (Lipinski definition) is 0. The molecule has 2 aromatic heterocycles. The van der Waals surface area contributed by atoms with Crippen molar-refractivity contribution >= 4 is 17.6 Å². The van der Waals surface area contributed by atoms with E-state index < -0.39 is 0 Å². The molecule has 3 rings (SSSR count). The predicted molar refractivity (Wildman–Crippen MR) is 76.4 cm³/mol. The molecular weight excluding hydrogens is 272 g/mol. The van der Waals surface area contributed by atoms with Gasteiger partial charge in [-0.2, -0.15) is 4.68 Å². The van der Waals surface area contributed by atoms with Crippen molar-refractivity contribution in [3.63, 3.8) is 0 Å². The van der Waals surface area contributed by atoms with E-state index in [2.05, 4.69) is 15.3 Å². The van der Waals surface area contributed by atoms with Gasteiger partial charge in [-0.05, 0) is 12.5 Å². The van der Waals surface area contributed by atoms with Crippen LogP contribution in [-0.4, -0.2) is 26.3 Å². The third kappa shape index (κ3) is 2.37. The molecule has 0 spiro atoms. The topological polar surface area (TPSA) is 60.7 Å². The van der Waals surface area contributed by atoms with E-state index in [1.54, 1.807) is 4.68 Å². The van der Waals surface area contributed by atoms with E-state index in [9.17, 15) is 4.79 Å². The van der Waals surface area contributed by atoms with Crippen LogP contribution in [0.5, 0.6) is 0 Å². The average molecular weight is 284 g/mol. The van der Waals surface area contributed by atoms with E-state index in [1.807, 2.05) is 42.6 Å². The summed E-state index contributed by atoms with van der Waals surface area (Å²) in [5.74, 6) is 0. The predicted octanol–water partition coefficient (Wildman–Crippen LogP) is 2.44. The normalized spacial score (nSPS) is 10.7. The molecule has 0 aliphatic carbocycles. The molecule has 0 amide bonds. The number of aldehydes is 1. The summed E-state index contributed by atoms with van der Waals surface area (Å²) in [5, 5.41) is 10.7. The number of aromatic nitrogens is 4. The van der Waals surface area contributed by atoms with Crippen molar-refractivity contribution in [3.05, 3.63) is 58.4 Å². The van der Waals surface area contributed by atoms with Crippen LogP contribution in [0.25, 0.3) is 5.13 Å². The van der Waals surface area contributed by atoms with Gasteiger partial charge < -0.3 is 0 Å². The summed E-state index contributed by atoms with van der Waals surface area (Å²) in [7, 11) is 0. The molecule has 5 nitrogen and oxygen atoms in total. The van der Waals surface area contributed by atoms with Crippen LogP contribution in [0.15, 0.2) is 35.7 Å². The minimum absolute atomic E-state index is 0.363. The second-order valence-corrected chi connectivity index (χ2v) is 5.22. The van der Waals surface area contributed by atoms with Crippen LogP contribution in [0.3, 0.4) is 0 Å². The number of hydrogen-bond acceptors (Lipinski definition) is 5. The van der Waals surface area contributed by atoms with Gasteiger partial charge in [-0.3, -0.25) is 4.79 Å². The Bertz CT molecular complexity index is 733. The van der Waals surface area contributed by atoms with Gasteiger partial charge in [-0.25, -0.2) is 4.98 Å². The van der Waals surface area contributed by atoms with Gasteiger partial charge in [-0.15, -0.1) is 16.4 Å². The Labute approximate surface area is 119 Å². The molecule has 0 radical (unpaired) electrons. The van der Waals surface area contributed by atoms with Gasteiger partial charge in [0.2, 0.25) is 5.13 Å². The second kappa shape index (κ2) is 5.34. The maximum Gasteiger partial charge on any atom is 0.212 e. The zero-order valence-corrected chi connectivity index (χ0v) is 11.7. The molecule has 2 heterocycles. The fourth-order valence-corrected chi connectivity index (χ4v) is 2.72. The smallest absolute Gasteiger partial charge is 0.212 e. The Hall–Kier alpha value is -2.34. The SMILES string of the molecule is Cc1csc(-n2nnc(C=O)c2Cc2ccccc2)n1. The third-order valence-corrected chi connectivity index (χ3v) is 3.84. The number of rotatable bonds is 4. The number of nitrogens with zero attached hydrogens (tertiary/aromatic N) is 4. The standard InChI is InChI=1S/C14H12N4OS/c1-10-9-20-14(15-10)18-13(12(8-19)16-17-18)7-11-5-3-2-4-6-11/h2-6,8-9H,7H2,1H3. The van der Waals surface area contributed by atoms with Crippen LogP contribution in [0.1, 0.15) is 27.4 Å². The molecule has 0 atom stereocenters. The summed E-state index contributed by atoms with van der Waals surface area (Å²) < 4.78 is 1.65. The molecule has 0 aliphatic heterocycles.